The summed E-state index contributed by atoms with van der Waals surface area (Å²) in [7, 11) is -2.94. The maximum absolute atomic E-state index is 11.0. The summed E-state index contributed by atoms with van der Waals surface area (Å²) in [4.78, 5) is 0. The Hall–Kier alpha value is -0.0900. The minimum atomic E-state index is -2.94. The van der Waals surface area contributed by atoms with Gasteiger partial charge in [0.05, 0.1) is 5.25 Å². The molecule has 0 aromatic heterocycles. The van der Waals surface area contributed by atoms with Crippen LogP contribution < -0.4 is 5.73 Å². The van der Waals surface area contributed by atoms with E-state index in [2.05, 4.69) is 0 Å². The van der Waals surface area contributed by atoms with E-state index in [0.29, 0.717) is 12.3 Å². The smallest absolute Gasteiger partial charge is 0.151 e. The SMILES string of the molecule is CC(C)CC(CN)S(C)(=O)=O. The first-order valence-corrected chi connectivity index (χ1v) is 5.72. The Bertz CT molecular complexity index is 196. The summed E-state index contributed by atoms with van der Waals surface area (Å²) >= 11 is 0. The van der Waals surface area contributed by atoms with Crippen LogP contribution in [0.5, 0.6) is 0 Å². The van der Waals surface area contributed by atoms with Crippen molar-refractivity contribution in [2.24, 2.45) is 11.7 Å². The molecule has 0 amide bonds. The third kappa shape index (κ3) is 4.37. The number of hydrogen-bond donors (Lipinski definition) is 1. The Morgan fingerprint density at radius 3 is 1.91 bits per heavy atom. The van der Waals surface area contributed by atoms with Crippen LogP contribution in [0.3, 0.4) is 0 Å². The Morgan fingerprint density at radius 2 is 1.82 bits per heavy atom. The van der Waals surface area contributed by atoms with Gasteiger partial charge in [-0.1, -0.05) is 13.8 Å². The molecule has 1 unspecified atom stereocenters. The van der Waals surface area contributed by atoms with Crippen molar-refractivity contribution in [1.29, 1.82) is 0 Å². The van der Waals surface area contributed by atoms with Crippen LogP contribution in [0.25, 0.3) is 0 Å². The van der Waals surface area contributed by atoms with E-state index in [4.69, 9.17) is 5.73 Å². The van der Waals surface area contributed by atoms with Crippen LogP contribution in [0.4, 0.5) is 0 Å². The molecular formula is C7H17NO2S. The topological polar surface area (TPSA) is 60.2 Å². The molecule has 0 aliphatic carbocycles. The summed E-state index contributed by atoms with van der Waals surface area (Å²) in [6.45, 7) is 4.22. The van der Waals surface area contributed by atoms with E-state index in [-0.39, 0.29) is 11.8 Å². The molecular weight excluding hydrogens is 162 g/mol. The van der Waals surface area contributed by atoms with Gasteiger partial charge in [-0.3, -0.25) is 0 Å². The second-order valence-corrected chi connectivity index (χ2v) is 5.64. The van der Waals surface area contributed by atoms with Crippen LogP contribution in [-0.4, -0.2) is 26.5 Å². The van der Waals surface area contributed by atoms with Crippen molar-refractivity contribution in [2.45, 2.75) is 25.5 Å². The molecule has 0 spiro atoms. The van der Waals surface area contributed by atoms with E-state index < -0.39 is 9.84 Å². The first kappa shape index (κ1) is 10.9. The van der Waals surface area contributed by atoms with E-state index >= 15 is 0 Å². The number of sulfone groups is 1. The fourth-order valence-electron chi connectivity index (χ4n) is 0.972. The molecule has 11 heavy (non-hydrogen) atoms. The lowest BCUT2D eigenvalue weighted by atomic mass is 10.1. The van der Waals surface area contributed by atoms with E-state index in [1.807, 2.05) is 13.8 Å². The molecule has 0 saturated carbocycles. The van der Waals surface area contributed by atoms with Crippen LogP contribution in [-0.2, 0) is 9.84 Å². The number of hydrogen-bond acceptors (Lipinski definition) is 3. The van der Waals surface area contributed by atoms with Gasteiger partial charge in [0.15, 0.2) is 9.84 Å². The molecule has 0 aliphatic rings. The van der Waals surface area contributed by atoms with Crippen molar-refractivity contribution < 1.29 is 8.42 Å². The van der Waals surface area contributed by atoms with Crippen molar-refractivity contribution in [2.75, 3.05) is 12.8 Å². The van der Waals surface area contributed by atoms with Crippen molar-refractivity contribution in [3.05, 3.63) is 0 Å². The predicted molar refractivity (Wildman–Crippen MR) is 47.1 cm³/mol. The average molecular weight is 179 g/mol. The van der Waals surface area contributed by atoms with E-state index in [0.717, 1.165) is 0 Å². The predicted octanol–water partition coefficient (Wildman–Crippen LogP) is 0.404. The first-order chi connectivity index (χ1) is 4.88. The molecule has 1 atom stereocenters. The second-order valence-electron chi connectivity index (χ2n) is 3.32. The third-order valence-corrected chi connectivity index (χ3v) is 3.20. The average Bonchev–Trinajstić information content (AvgIpc) is 1.79. The summed E-state index contributed by atoms with van der Waals surface area (Å²) in [6, 6.07) is 0. The van der Waals surface area contributed by atoms with Crippen molar-refractivity contribution in [1.82, 2.24) is 0 Å². The van der Waals surface area contributed by atoms with Crippen molar-refractivity contribution >= 4 is 9.84 Å². The summed E-state index contributed by atoms with van der Waals surface area (Å²) in [5, 5.41) is -0.359. The Labute approximate surface area is 68.9 Å². The third-order valence-electron chi connectivity index (χ3n) is 1.60. The van der Waals surface area contributed by atoms with E-state index in [9.17, 15) is 8.42 Å². The molecule has 0 radical (unpaired) electrons. The lowest BCUT2D eigenvalue weighted by Gasteiger charge is -2.14. The van der Waals surface area contributed by atoms with Crippen molar-refractivity contribution in [3.8, 4) is 0 Å². The van der Waals surface area contributed by atoms with Crippen LogP contribution >= 0.6 is 0 Å². The molecule has 0 aliphatic heterocycles. The largest absolute Gasteiger partial charge is 0.329 e. The van der Waals surface area contributed by atoms with Gasteiger partial charge in [-0.05, 0) is 12.3 Å². The van der Waals surface area contributed by atoms with Gasteiger partial charge < -0.3 is 5.73 Å². The van der Waals surface area contributed by atoms with Gasteiger partial charge in [-0.25, -0.2) is 8.42 Å². The zero-order valence-electron chi connectivity index (χ0n) is 7.37. The summed E-state index contributed by atoms with van der Waals surface area (Å²) in [5.41, 5.74) is 5.33. The zero-order valence-corrected chi connectivity index (χ0v) is 8.19. The maximum Gasteiger partial charge on any atom is 0.151 e. The Balaban J connectivity index is 4.20. The van der Waals surface area contributed by atoms with Crippen LogP contribution in [0, 0.1) is 5.92 Å². The fourth-order valence-corrected chi connectivity index (χ4v) is 2.06. The maximum atomic E-state index is 11.0. The van der Waals surface area contributed by atoms with Crippen LogP contribution in [0.2, 0.25) is 0 Å². The van der Waals surface area contributed by atoms with Gasteiger partial charge in [0.25, 0.3) is 0 Å². The summed E-state index contributed by atoms with van der Waals surface area (Å²) in [5.74, 6) is 0.387. The Morgan fingerprint density at radius 1 is 1.36 bits per heavy atom. The van der Waals surface area contributed by atoms with Gasteiger partial charge in [0.2, 0.25) is 0 Å². The van der Waals surface area contributed by atoms with E-state index in [1.54, 1.807) is 0 Å². The molecule has 0 saturated heterocycles. The molecule has 68 valence electrons. The summed E-state index contributed by atoms with van der Waals surface area (Å²) < 4.78 is 22.0. The van der Waals surface area contributed by atoms with Gasteiger partial charge in [0, 0.05) is 12.8 Å². The fraction of sp³-hybridized carbons (Fsp3) is 1.00. The number of nitrogens with two attached hydrogens (primary N) is 1. The minimum Gasteiger partial charge on any atom is -0.329 e. The molecule has 0 aromatic rings. The van der Waals surface area contributed by atoms with Crippen LogP contribution in [0.15, 0.2) is 0 Å². The Kier molecular flexibility index (Phi) is 4.03. The number of rotatable bonds is 4. The minimum absolute atomic E-state index is 0.233. The molecule has 3 nitrogen and oxygen atoms in total. The van der Waals surface area contributed by atoms with Gasteiger partial charge >= 0.3 is 0 Å². The van der Waals surface area contributed by atoms with Gasteiger partial charge in [-0.2, -0.15) is 0 Å². The standard InChI is InChI=1S/C7H17NO2S/c1-6(2)4-7(5-8)11(3,9)10/h6-7H,4-5,8H2,1-3H3. The quantitative estimate of drug-likeness (QED) is 0.679. The van der Waals surface area contributed by atoms with E-state index in [1.165, 1.54) is 6.26 Å². The molecule has 0 rings (SSSR count). The highest BCUT2D eigenvalue weighted by Gasteiger charge is 2.19. The summed E-state index contributed by atoms with van der Waals surface area (Å²) in [6.07, 6.45) is 1.91. The highest BCUT2D eigenvalue weighted by molar-refractivity contribution is 7.91. The zero-order chi connectivity index (χ0) is 9.07. The van der Waals surface area contributed by atoms with Crippen LogP contribution in [0.1, 0.15) is 20.3 Å². The molecule has 0 heterocycles. The monoisotopic (exact) mass is 179 g/mol. The molecule has 0 aromatic carbocycles. The first-order valence-electron chi connectivity index (χ1n) is 3.76. The highest BCUT2D eigenvalue weighted by atomic mass is 32.2. The van der Waals surface area contributed by atoms with Gasteiger partial charge in [-0.15, -0.1) is 0 Å². The normalized spacial score (nSPS) is 15.4. The molecule has 0 fully saturated rings. The highest BCUT2D eigenvalue weighted by Crippen LogP contribution is 2.10. The second kappa shape index (κ2) is 4.07. The lowest BCUT2D eigenvalue weighted by Crippen LogP contribution is -2.30. The molecule has 0 bridgehead atoms. The van der Waals surface area contributed by atoms with Crippen molar-refractivity contribution in [3.63, 3.8) is 0 Å². The molecule has 4 heteroatoms. The van der Waals surface area contributed by atoms with Gasteiger partial charge in [0.1, 0.15) is 0 Å². The molecule has 2 N–H and O–H groups in total. The lowest BCUT2D eigenvalue weighted by molar-refractivity contribution is 0.530.